The Kier molecular flexibility index (Phi) is 7.77. The first kappa shape index (κ1) is 25.8. The summed E-state index contributed by atoms with van der Waals surface area (Å²) in [4.78, 5) is 37.9. The van der Waals surface area contributed by atoms with E-state index >= 15 is 0 Å². The molecule has 0 aliphatic carbocycles. The summed E-state index contributed by atoms with van der Waals surface area (Å²) in [5.74, 6) is -1.88. The van der Waals surface area contributed by atoms with Crippen molar-refractivity contribution in [1.29, 1.82) is 0 Å². The summed E-state index contributed by atoms with van der Waals surface area (Å²) in [5, 5.41) is 1.61. The van der Waals surface area contributed by atoms with Crippen LogP contribution in [0.1, 0.15) is 49.0 Å². The van der Waals surface area contributed by atoms with Gasteiger partial charge >= 0.3 is 17.9 Å². The minimum atomic E-state index is -0.716. The average molecular weight is 504 g/mol. The second kappa shape index (κ2) is 11.2. The summed E-state index contributed by atoms with van der Waals surface area (Å²) in [6.45, 7) is 5.81. The fourth-order valence-corrected chi connectivity index (χ4v) is 4.57. The van der Waals surface area contributed by atoms with Crippen LogP contribution in [-0.4, -0.2) is 37.7 Å². The molecule has 0 amide bonds. The van der Waals surface area contributed by atoms with Gasteiger partial charge in [-0.25, -0.2) is 9.59 Å². The van der Waals surface area contributed by atoms with Crippen molar-refractivity contribution in [2.75, 3.05) is 19.8 Å². The fraction of sp³-hybridized carbons (Fsp3) is 0.276. The maximum absolute atomic E-state index is 12.8. The number of esters is 3. The Labute approximate surface area is 214 Å². The molecule has 2 N–H and O–H groups in total. The Balaban J connectivity index is 1.85. The summed E-state index contributed by atoms with van der Waals surface area (Å²) in [6.07, 6.45) is -0.106. The van der Waals surface area contributed by atoms with Crippen molar-refractivity contribution in [2.45, 2.75) is 33.1 Å². The summed E-state index contributed by atoms with van der Waals surface area (Å²) in [6, 6.07) is 16.7. The van der Waals surface area contributed by atoms with Gasteiger partial charge in [0.25, 0.3) is 0 Å². The van der Waals surface area contributed by atoms with Crippen molar-refractivity contribution in [1.82, 2.24) is 0 Å². The van der Waals surface area contributed by atoms with E-state index in [-0.39, 0.29) is 37.7 Å². The molecule has 1 heterocycles. The number of fused-ring (bicyclic) bond motifs is 2. The number of hydrogen-bond donors (Lipinski definition) is 1. The molecule has 1 unspecified atom stereocenters. The van der Waals surface area contributed by atoms with E-state index in [0.29, 0.717) is 16.9 Å². The van der Waals surface area contributed by atoms with Crippen LogP contribution in [0.5, 0.6) is 5.75 Å². The zero-order chi connectivity index (χ0) is 26.5. The Hall–Kier alpha value is -4.33. The highest BCUT2D eigenvalue weighted by atomic mass is 16.5. The van der Waals surface area contributed by atoms with Gasteiger partial charge in [-0.05, 0) is 60.9 Å². The van der Waals surface area contributed by atoms with Gasteiger partial charge < -0.3 is 24.7 Å². The van der Waals surface area contributed by atoms with E-state index in [1.165, 1.54) is 0 Å². The zero-order valence-electron chi connectivity index (χ0n) is 21.0. The molecule has 8 nitrogen and oxygen atoms in total. The molecule has 0 bridgehead atoms. The summed E-state index contributed by atoms with van der Waals surface area (Å²) in [7, 11) is 0. The first-order valence-corrected chi connectivity index (χ1v) is 12.2. The molecule has 192 valence electrons. The van der Waals surface area contributed by atoms with Gasteiger partial charge in [0.05, 0.1) is 31.8 Å². The number of rotatable bonds is 8. The van der Waals surface area contributed by atoms with E-state index in [1.54, 1.807) is 32.9 Å². The lowest BCUT2D eigenvalue weighted by molar-refractivity contribution is -0.143. The molecule has 8 heteroatoms. The smallest absolute Gasteiger partial charge is 0.340 e. The van der Waals surface area contributed by atoms with Crippen LogP contribution < -0.4 is 10.5 Å². The normalized spacial score (nSPS) is 14.5. The second-order valence-corrected chi connectivity index (χ2v) is 8.34. The molecule has 0 aromatic heterocycles. The molecule has 0 fully saturated rings. The zero-order valence-corrected chi connectivity index (χ0v) is 21.0. The van der Waals surface area contributed by atoms with Gasteiger partial charge in [-0.1, -0.05) is 36.4 Å². The lowest BCUT2D eigenvalue weighted by Gasteiger charge is -2.28. The van der Waals surface area contributed by atoms with Gasteiger partial charge in [-0.15, -0.1) is 0 Å². The minimum absolute atomic E-state index is 0.0853. The predicted molar refractivity (Wildman–Crippen MR) is 138 cm³/mol. The lowest BCUT2D eigenvalue weighted by Crippen LogP contribution is -2.28. The summed E-state index contributed by atoms with van der Waals surface area (Å²) in [5.41, 5.74) is 8.97. The first-order valence-electron chi connectivity index (χ1n) is 12.2. The van der Waals surface area contributed by atoms with Crippen LogP contribution >= 0.6 is 0 Å². The SMILES string of the molecule is CCOC(=O)CC1C(C(=O)OCC)=C(N)Oc2ccc(-c3ccc(C(=O)OCC)c4ccccc34)cc21. The fourth-order valence-electron chi connectivity index (χ4n) is 4.57. The van der Waals surface area contributed by atoms with Crippen molar-refractivity contribution in [2.24, 2.45) is 5.73 Å². The number of benzene rings is 3. The van der Waals surface area contributed by atoms with E-state index in [4.69, 9.17) is 24.7 Å². The van der Waals surface area contributed by atoms with Gasteiger partial charge in [0.2, 0.25) is 5.88 Å². The van der Waals surface area contributed by atoms with E-state index in [2.05, 4.69) is 0 Å². The standard InChI is InChI=1S/C29H29NO7/c1-4-34-25(31)16-23-22-15-17(11-14-24(22)37-27(30)26(23)29(33)36-6-3)18-12-13-21(28(32)35-5-2)20-10-8-7-9-19(18)20/h7-15,23H,4-6,16,30H2,1-3H3. The van der Waals surface area contributed by atoms with Crippen LogP contribution in [0.15, 0.2) is 66.1 Å². The molecule has 0 saturated heterocycles. The third-order valence-electron chi connectivity index (χ3n) is 6.12. The van der Waals surface area contributed by atoms with Crippen LogP contribution in [0.2, 0.25) is 0 Å². The Morgan fingerprint density at radius 3 is 2.22 bits per heavy atom. The van der Waals surface area contributed by atoms with Crippen LogP contribution in [0, 0.1) is 0 Å². The third kappa shape index (κ3) is 5.14. The van der Waals surface area contributed by atoms with E-state index in [1.807, 2.05) is 42.5 Å². The monoisotopic (exact) mass is 503 g/mol. The highest BCUT2D eigenvalue weighted by Gasteiger charge is 2.36. The molecule has 3 aromatic rings. The molecule has 0 spiro atoms. The van der Waals surface area contributed by atoms with Crippen molar-refractivity contribution in [3.05, 3.63) is 77.2 Å². The third-order valence-corrected chi connectivity index (χ3v) is 6.12. The molecular formula is C29H29NO7. The Bertz CT molecular complexity index is 1390. The predicted octanol–water partition coefficient (Wildman–Crippen LogP) is 4.85. The molecule has 0 saturated carbocycles. The lowest BCUT2D eigenvalue weighted by atomic mass is 9.84. The topological polar surface area (TPSA) is 114 Å². The van der Waals surface area contributed by atoms with Crippen LogP contribution in [0.4, 0.5) is 0 Å². The largest absolute Gasteiger partial charge is 0.466 e. The van der Waals surface area contributed by atoms with Crippen molar-refractivity contribution < 1.29 is 33.3 Å². The maximum Gasteiger partial charge on any atom is 0.340 e. The van der Waals surface area contributed by atoms with Gasteiger partial charge in [0.1, 0.15) is 11.3 Å². The van der Waals surface area contributed by atoms with Gasteiger partial charge in [0, 0.05) is 11.5 Å². The molecule has 37 heavy (non-hydrogen) atoms. The highest BCUT2D eigenvalue weighted by molar-refractivity contribution is 6.09. The number of ether oxygens (including phenoxy) is 4. The summed E-state index contributed by atoms with van der Waals surface area (Å²) < 4.78 is 21.4. The molecule has 3 aromatic carbocycles. The number of hydrogen-bond acceptors (Lipinski definition) is 8. The van der Waals surface area contributed by atoms with E-state index < -0.39 is 23.8 Å². The van der Waals surface area contributed by atoms with Gasteiger partial charge in [-0.2, -0.15) is 0 Å². The van der Waals surface area contributed by atoms with E-state index in [0.717, 1.165) is 21.9 Å². The summed E-state index contributed by atoms with van der Waals surface area (Å²) >= 11 is 0. The Morgan fingerprint density at radius 1 is 0.838 bits per heavy atom. The molecule has 1 atom stereocenters. The molecule has 1 aliphatic heterocycles. The Morgan fingerprint density at radius 2 is 1.51 bits per heavy atom. The first-order chi connectivity index (χ1) is 17.9. The second-order valence-electron chi connectivity index (χ2n) is 8.34. The number of carbonyl (C=O) groups is 3. The van der Waals surface area contributed by atoms with Crippen LogP contribution in [0.25, 0.3) is 21.9 Å². The quantitative estimate of drug-likeness (QED) is 0.343. The maximum atomic E-state index is 12.8. The van der Waals surface area contributed by atoms with Gasteiger partial charge in [0.15, 0.2) is 0 Å². The molecule has 1 aliphatic rings. The molecule has 4 rings (SSSR count). The number of nitrogens with two attached hydrogens (primary N) is 1. The van der Waals surface area contributed by atoms with E-state index in [9.17, 15) is 14.4 Å². The van der Waals surface area contributed by atoms with Crippen molar-refractivity contribution in [3.63, 3.8) is 0 Å². The average Bonchev–Trinajstić information content (AvgIpc) is 2.88. The van der Waals surface area contributed by atoms with Crippen LogP contribution in [-0.2, 0) is 23.8 Å². The molecule has 0 radical (unpaired) electrons. The van der Waals surface area contributed by atoms with Crippen molar-refractivity contribution in [3.8, 4) is 16.9 Å². The molecular weight excluding hydrogens is 474 g/mol. The highest BCUT2D eigenvalue weighted by Crippen LogP contribution is 2.43. The van der Waals surface area contributed by atoms with Crippen molar-refractivity contribution >= 4 is 28.7 Å². The van der Waals surface area contributed by atoms with Crippen LogP contribution in [0.3, 0.4) is 0 Å². The van der Waals surface area contributed by atoms with Gasteiger partial charge in [-0.3, -0.25) is 4.79 Å². The number of carbonyl (C=O) groups excluding carboxylic acids is 3. The minimum Gasteiger partial charge on any atom is -0.466 e.